The van der Waals surface area contributed by atoms with E-state index in [1.165, 1.54) is 12.4 Å². The summed E-state index contributed by atoms with van der Waals surface area (Å²) in [6.45, 7) is 1.71. The Hall–Kier alpha value is -2.17. The maximum atomic E-state index is 11.2. The Morgan fingerprint density at radius 3 is 2.88 bits per heavy atom. The van der Waals surface area contributed by atoms with Crippen LogP contribution in [-0.2, 0) is 14.3 Å². The van der Waals surface area contributed by atoms with Crippen LogP contribution in [0.15, 0.2) is 30.6 Å². The molecule has 1 aromatic rings. The summed E-state index contributed by atoms with van der Waals surface area (Å²) < 4.78 is 4.48. The first-order chi connectivity index (χ1) is 7.65. The molecule has 0 amide bonds. The molecular formula is C11H11NO4. The second-order valence-corrected chi connectivity index (χ2v) is 2.86. The summed E-state index contributed by atoms with van der Waals surface area (Å²) in [5.41, 5.74) is 0.361. The van der Waals surface area contributed by atoms with E-state index in [1.54, 1.807) is 19.1 Å². The Balaban J connectivity index is 2.78. The Labute approximate surface area is 92.4 Å². The van der Waals surface area contributed by atoms with Crippen molar-refractivity contribution in [1.82, 2.24) is 4.98 Å². The molecule has 0 unspecified atom stereocenters. The minimum atomic E-state index is -0.988. The lowest BCUT2D eigenvalue weighted by atomic mass is 10.2. The number of aromatic nitrogens is 1. The minimum absolute atomic E-state index is 0.117. The van der Waals surface area contributed by atoms with Crippen LogP contribution in [0.3, 0.4) is 0 Å². The number of hydrogen-bond acceptors (Lipinski definition) is 5. The van der Waals surface area contributed by atoms with Crippen LogP contribution in [-0.4, -0.2) is 28.4 Å². The number of pyridine rings is 1. The standard InChI is InChI=1S/C11H11NO4/c1-2-16-11(15)10(14)6-9(13)8-4-3-5-12-7-8/h3-7,13H,2H2,1H3. The van der Waals surface area contributed by atoms with Gasteiger partial charge in [0.15, 0.2) is 0 Å². The number of hydrogen-bond donors (Lipinski definition) is 1. The molecule has 0 saturated heterocycles. The quantitative estimate of drug-likeness (QED) is 0.356. The maximum absolute atomic E-state index is 11.2. The lowest BCUT2D eigenvalue weighted by molar-refractivity contribution is -0.151. The average Bonchev–Trinajstić information content (AvgIpc) is 2.30. The van der Waals surface area contributed by atoms with Gasteiger partial charge in [0.25, 0.3) is 5.78 Å². The third-order valence-corrected chi connectivity index (χ3v) is 1.70. The van der Waals surface area contributed by atoms with Crippen molar-refractivity contribution in [3.05, 3.63) is 36.2 Å². The van der Waals surface area contributed by atoms with E-state index in [2.05, 4.69) is 9.72 Å². The van der Waals surface area contributed by atoms with Gasteiger partial charge in [0.2, 0.25) is 0 Å². The average molecular weight is 221 g/mol. The first-order valence-corrected chi connectivity index (χ1v) is 4.67. The molecule has 0 fully saturated rings. The van der Waals surface area contributed by atoms with Gasteiger partial charge < -0.3 is 9.84 Å². The summed E-state index contributed by atoms with van der Waals surface area (Å²) in [5, 5.41) is 9.50. The number of aliphatic hydroxyl groups excluding tert-OH is 1. The number of carbonyl (C=O) groups is 2. The van der Waals surface area contributed by atoms with Gasteiger partial charge in [-0.1, -0.05) is 0 Å². The van der Waals surface area contributed by atoms with Gasteiger partial charge in [-0.2, -0.15) is 0 Å². The molecule has 1 aromatic heterocycles. The molecule has 1 heterocycles. The van der Waals surface area contributed by atoms with Crippen molar-refractivity contribution in [2.45, 2.75) is 6.92 Å². The second-order valence-electron chi connectivity index (χ2n) is 2.86. The molecule has 0 spiro atoms. The van der Waals surface area contributed by atoms with Crippen LogP contribution < -0.4 is 0 Å². The van der Waals surface area contributed by atoms with Crippen LogP contribution >= 0.6 is 0 Å². The van der Waals surface area contributed by atoms with Gasteiger partial charge in [0.1, 0.15) is 5.76 Å². The molecular weight excluding hydrogens is 210 g/mol. The smallest absolute Gasteiger partial charge is 0.379 e. The van der Waals surface area contributed by atoms with Crippen LogP contribution in [0.25, 0.3) is 5.76 Å². The highest BCUT2D eigenvalue weighted by Gasteiger charge is 2.13. The van der Waals surface area contributed by atoms with Crippen molar-refractivity contribution in [2.75, 3.05) is 6.61 Å². The molecule has 5 heteroatoms. The van der Waals surface area contributed by atoms with Crippen LogP contribution in [0.1, 0.15) is 12.5 Å². The highest BCUT2D eigenvalue weighted by Crippen LogP contribution is 2.08. The van der Waals surface area contributed by atoms with E-state index in [9.17, 15) is 14.7 Å². The van der Waals surface area contributed by atoms with E-state index in [1.807, 2.05) is 0 Å². The largest absolute Gasteiger partial charge is 0.507 e. The summed E-state index contributed by atoms with van der Waals surface area (Å²) in [4.78, 5) is 25.9. The first-order valence-electron chi connectivity index (χ1n) is 4.67. The summed E-state index contributed by atoms with van der Waals surface area (Å²) in [6, 6.07) is 3.17. The Bertz CT molecular complexity index is 411. The van der Waals surface area contributed by atoms with E-state index in [4.69, 9.17) is 0 Å². The predicted octanol–water partition coefficient (Wildman–Crippen LogP) is 1.11. The van der Waals surface area contributed by atoms with Crippen LogP contribution in [0.2, 0.25) is 0 Å². The summed E-state index contributed by atoms with van der Waals surface area (Å²) in [6.07, 6.45) is 3.73. The summed E-state index contributed by atoms with van der Waals surface area (Å²) in [7, 11) is 0. The number of nitrogens with zero attached hydrogens (tertiary/aromatic N) is 1. The van der Waals surface area contributed by atoms with E-state index in [-0.39, 0.29) is 12.4 Å². The molecule has 1 rings (SSSR count). The Kier molecular flexibility index (Phi) is 4.20. The van der Waals surface area contributed by atoms with E-state index in [0.29, 0.717) is 5.56 Å². The fraction of sp³-hybridized carbons (Fsp3) is 0.182. The molecule has 0 saturated carbocycles. The van der Waals surface area contributed by atoms with E-state index >= 15 is 0 Å². The van der Waals surface area contributed by atoms with E-state index < -0.39 is 11.8 Å². The molecule has 0 radical (unpaired) electrons. The fourth-order valence-electron chi connectivity index (χ4n) is 0.983. The zero-order valence-corrected chi connectivity index (χ0v) is 8.71. The molecule has 0 aliphatic heterocycles. The SMILES string of the molecule is CCOC(=O)C(=O)C=C(O)c1cccnc1. The lowest BCUT2D eigenvalue weighted by Gasteiger charge is -1.99. The third kappa shape index (κ3) is 3.20. The van der Waals surface area contributed by atoms with Gasteiger partial charge in [-0.3, -0.25) is 9.78 Å². The topological polar surface area (TPSA) is 76.5 Å². The molecule has 84 valence electrons. The second kappa shape index (κ2) is 5.65. The summed E-state index contributed by atoms with van der Waals surface area (Å²) in [5.74, 6) is -2.20. The number of esters is 1. The van der Waals surface area contributed by atoms with Crippen LogP contribution in [0.4, 0.5) is 0 Å². The van der Waals surface area contributed by atoms with Crippen molar-refractivity contribution in [2.24, 2.45) is 0 Å². The zero-order valence-electron chi connectivity index (χ0n) is 8.71. The Morgan fingerprint density at radius 1 is 1.56 bits per heavy atom. The third-order valence-electron chi connectivity index (χ3n) is 1.70. The van der Waals surface area contributed by atoms with Gasteiger partial charge in [-0.25, -0.2) is 4.79 Å². The van der Waals surface area contributed by atoms with Crippen molar-refractivity contribution in [3.63, 3.8) is 0 Å². The van der Waals surface area contributed by atoms with Crippen LogP contribution in [0, 0.1) is 0 Å². The van der Waals surface area contributed by atoms with Gasteiger partial charge in [-0.05, 0) is 19.1 Å². The van der Waals surface area contributed by atoms with Crippen LogP contribution in [0.5, 0.6) is 0 Å². The molecule has 0 aliphatic rings. The maximum Gasteiger partial charge on any atom is 0.379 e. The summed E-state index contributed by atoms with van der Waals surface area (Å²) >= 11 is 0. The predicted molar refractivity (Wildman–Crippen MR) is 56.5 cm³/mol. The van der Waals surface area contributed by atoms with E-state index in [0.717, 1.165) is 6.08 Å². The van der Waals surface area contributed by atoms with Gasteiger partial charge in [0, 0.05) is 24.0 Å². The molecule has 5 nitrogen and oxygen atoms in total. The normalized spacial score (nSPS) is 10.9. The highest BCUT2D eigenvalue weighted by molar-refractivity contribution is 6.39. The molecule has 0 aromatic carbocycles. The number of ether oxygens (including phenoxy) is 1. The van der Waals surface area contributed by atoms with Gasteiger partial charge >= 0.3 is 5.97 Å². The minimum Gasteiger partial charge on any atom is -0.507 e. The molecule has 0 atom stereocenters. The molecule has 0 aliphatic carbocycles. The fourth-order valence-corrected chi connectivity index (χ4v) is 0.983. The zero-order chi connectivity index (χ0) is 12.0. The number of aliphatic hydroxyl groups is 1. The van der Waals surface area contributed by atoms with Crippen molar-refractivity contribution < 1.29 is 19.4 Å². The Morgan fingerprint density at radius 2 is 2.31 bits per heavy atom. The molecule has 0 bridgehead atoms. The lowest BCUT2D eigenvalue weighted by Crippen LogP contribution is -2.15. The number of rotatable bonds is 4. The molecule has 1 N–H and O–H groups in total. The van der Waals surface area contributed by atoms with Crippen molar-refractivity contribution in [3.8, 4) is 0 Å². The van der Waals surface area contributed by atoms with Crippen molar-refractivity contribution in [1.29, 1.82) is 0 Å². The monoisotopic (exact) mass is 221 g/mol. The van der Waals surface area contributed by atoms with Gasteiger partial charge in [0.05, 0.1) is 6.61 Å². The number of carbonyl (C=O) groups excluding carboxylic acids is 2. The molecule has 16 heavy (non-hydrogen) atoms. The highest BCUT2D eigenvalue weighted by atomic mass is 16.5. The van der Waals surface area contributed by atoms with Crippen molar-refractivity contribution >= 4 is 17.5 Å². The first kappa shape index (κ1) is 11.9. The number of ketones is 1. The van der Waals surface area contributed by atoms with Gasteiger partial charge in [-0.15, -0.1) is 0 Å².